The summed E-state index contributed by atoms with van der Waals surface area (Å²) >= 11 is 0.710. The molecule has 0 atom stereocenters. The molecule has 0 radical (unpaired) electrons. The van der Waals surface area contributed by atoms with Crippen LogP contribution < -0.4 is 9.47 Å². The topological polar surface area (TPSA) is 165 Å². The van der Waals surface area contributed by atoms with Crippen molar-refractivity contribution in [2.24, 2.45) is 10.1 Å². The fraction of sp³-hybridized carbons (Fsp3) is 0.143. The maximum absolute atomic E-state index is 12.5. The Balaban J connectivity index is 1.54. The summed E-state index contributed by atoms with van der Waals surface area (Å²) in [6, 6.07) is 10.8. The normalized spacial score (nSPS) is 16.6. The highest BCUT2D eigenvalue weighted by atomic mass is 32.3. The first-order valence-electron chi connectivity index (χ1n) is 9.81. The van der Waals surface area contributed by atoms with Gasteiger partial charge in [-0.25, -0.2) is 8.42 Å². The zero-order valence-electron chi connectivity index (χ0n) is 18.3. The van der Waals surface area contributed by atoms with Gasteiger partial charge in [0.15, 0.2) is 17.3 Å². The number of carbonyl (C=O) groups is 1. The van der Waals surface area contributed by atoms with E-state index >= 15 is 0 Å². The number of rotatable bonds is 6. The maximum Gasteiger partial charge on any atom is 0.283 e. The number of amidine groups is 2. The Bertz CT molecular complexity index is 1450. The number of amides is 1. The summed E-state index contributed by atoms with van der Waals surface area (Å²) in [4.78, 5) is 26.7. The van der Waals surface area contributed by atoms with Crippen LogP contribution in [0, 0.1) is 15.5 Å². The second kappa shape index (κ2) is 9.31. The van der Waals surface area contributed by atoms with E-state index in [-0.39, 0.29) is 33.2 Å². The van der Waals surface area contributed by atoms with E-state index in [1.807, 2.05) is 0 Å². The third-order valence-corrected chi connectivity index (χ3v) is 7.37. The molecule has 2 aromatic rings. The average Bonchev–Trinajstić information content (AvgIpc) is 3.26. The van der Waals surface area contributed by atoms with Crippen LogP contribution in [0.1, 0.15) is 11.1 Å². The Morgan fingerprint density at radius 1 is 1.20 bits per heavy atom. The number of nitrogens with one attached hydrogen (secondary N) is 1. The smallest absolute Gasteiger partial charge is 0.283 e. The molecule has 0 saturated heterocycles. The Labute approximate surface area is 203 Å². The molecule has 2 aliphatic rings. The molecule has 1 N–H and O–H groups in total. The monoisotopic (exact) mass is 515 g/mol. The number of hydrogen-bond acceptors (Lipinski definition) is 10. The average molecular weight is 516 g/mol. The van der Waals surface area contributed by atoms with E-state index in [0.717, 1.165) is 16.8 Å². The Morgan fingerprint density at radius 3 is 2.54 bits per heavy atom. The fourth-order valence-corrected chi connectivity index (χ4v) is 4.74. The van der Waals surface area contributed by atoms with Crippen molar-refractivity contribution in [1.82, 2.24) is 5.01 Å². The van der Waals surface area contributed by atoms with Crippen LogP contribution in [0.25, 0.3) is 6.08 Å². The number of hydrazone groups is 1. The SMILES string of the molecule is COc1cc(/C=C2\C(=N)N3N=C(S(C)(=O)=O)SC3=NC2=O)ccc1OCc1ccc([N+](=O)[O-])cc1. The zero-order valence-corrected chi connectivity index (χ0v) is 19.9. The van der Waals surface area contributed by atoms with Crippen LogP contribution in [0.2, 0.25) is 0 Å². The second-order valence-electron chi connectivity index (χ2n) is 7.28. The van der Waals surface area contributed by atoms with E-state index in [4.69, 9.17) is 14.9 Å². The van der Waals surface area contributed by atoms with E-state index in [1.165, 1.54) is 25.3 Å². The lowest BCUT2D eigenvalue weighted by Crippen LogP contribution is -2.35. The van der Waals surface area contributed by atoms with Crippen molar-refractivity contribution >= 4 is 54.6 Å². The van der Waals surface area contributed by atoms with Crippen molar-refractivity contribution in [2.75, 3.05) is 13.4 Å². The molecule has 0 fully saturated rings. The summed E-state index contributed by atoms with van der Waals surface area (Å²) in [7, 11) is -2.18. The number of methoxy groups -OCH3 is 1. The third-order valence-electron chi connectivity index (χ3n) is 4.79. The minimum Gasteiger partial charge on any atom is -0.493 e. The number of hydrogen-bond donors (Lipinski definition) is 1. The highest BCUT2D eigenvalue weighted by Crippen LogP contribution is 2.32. The molecule has 12 nitrogen and oxygen atoms in total. The maximum atomic E-state index is 12.5. The van der Waals surface area contributed by atoms with E-state index in [1.54, 1.807) is 30.3 Å². The number of aliphatic imine (C=N–C) groups is 1. The van der Waals surface area contributed by atoms with Crippen molar-refractivity contribution in [1.29, 1.82) is 5.41 Å². The lowest BCUT2D eigenvalue weighted by atomic mass is 10.1. The molecular formula is C21H17N5O7S2. The van der Waals surface area contributed by atoms with E-state index in [0.29, 0.717) is 28.8 Å². The van der Waals surface area contributed by atoms with Gasteiger partial charge in [0.05, 0.1) is 17.6 Å². The first kappa shape index (κ1) is 24.1. The molecule has 0 saturated carbocycles. The summed E-state index contributed by atoms with van der Waals surface area (Å²) < 4.78 is 34.4. The van der Waals surface area contributed by atoms with Gasteiger partial charge in [-0.3, -0.25) is 20.3 Å². The lowest BCUT2D eigenvalue weighted by molar-refractivity contribution is -0.384. The predicted octanol–water partition coefficient (Wildman–Crippen LogP) is 2.80. The van der Waals surface area contributed by atoms with Crippen LogP contribution in [-0.2, 0) is 21.2 Å². The molecule has 0 bridgehead atoms. The first-order valence-corrected chi connectivity index (χ1v) is 12.5. The number of ether oxygens (including phenoxy) is 2. The Hall–Kier alpha value is -4.04. The molecular weight excluding hydrogens is 498 g/mol. The van der Waals surface area contributed by atoms with Gasteiger partial charge in [-0.1, -0.05) is 6.07 Å². The Kier molecular flexibility index (Phi) is 6.41. The van der Waals surface area contributed by atoms with Crippen LogP contribution in [0.3, 0.4) is 0 Å². The standard InChI is InChI=1S/C21H17N5O7S2/c1-32-17-10-13(5-8-16(17)33-11-12-3-6-14(7-4-12)26(28)29)9-15-18(22)25-20(23-19(15)27)34-21(24-25)35(2,30)31/h3-10,22H,11H2,1-2H3/b15-9+,22-18?. The first-order chi connectivity index (χ1) is 16.6. The van der Waals surface area contributed by atoms with Crippen molar-refractivity contribution < 1.29 is 27.6 Å². The molecule has 35 heavy (non-hydrogen) atoms. The minimum absolute atomic E-state index is 0.00477. The lowest BCUT2D eigenvalue weighted by Gasteiger charge is -2.20. The molecule has 0 aliphatic carbocycles. The van der Waals surface area contributed by atoms with Crippen LogP contribution in [0.4, 0.5) is 5.69 Å². The van der Waals surface area contributed by atoms with Gasteiger partial charge in [-0.05, 0) is 53.2 Å². The number of thioether (sulfide) groups is 1. The molecule has 2 aromatic carbocycles. The molecule has 2 aliphatic heterocycles. The molecule has 0 spiro atoms. The second-order valence-corrected chi connectivity index (χ2v) is 10.4. The van der Waals surface area contributed by atoms with Crippen LogP contribution in [0.5, 0.6) is 11.5 Å². The quantitative estimate of drug-likeness (QED) is 0.346. The largest absolute Gasteiger partial charge is 0.493 e. The summed E-state index contributed by atoms with van der Waals surface area (Å²) in [5, 5.41) is 24.0. The predicted molar refractivity (Wildman–Crippen MR) is 130 cm³/mol. The van der Waals surface area contributed by atoms with Crippen molar-refractivity contribution in [3.63, 3.8) is 0 Å². The number of carbonyl (C=O) groups excluding carboxylic acids is 1. The number of fused-ring (bicyclic) bond motifs is 1. The highest BCUT2D eigenvalue weighted by molar-refractivity contribution is 8.42. The zero-order chi connectivity index (χ0) is 25.3. The van der Waals surface area contributed by atoms with Crippen LogP contribution in [0.15, 0.2) is 58.1 Å². The highest BCUT2D eigenvalue weighted by Gasteiger charge is 2.38. The van der Waals surface area contributed by atoms with Gasteiger partial charge in [0.2, 0.25) is 19.4 Å². The fourth-order valence-electron chi connectivity index (χ4n) is 3.06. The van der Waals surface area contributed by atoms with E-state index < -0.39 is 20.7 Å². The summed E-state index contributed by atoms with van der Waals surface area (Å²) in [6.45, 7) is 0.142. The van der Waals surface area contributed by atoms with E-state index in [2.05, 4.69) is 10.1 Å². The minimum atomic E-state index is -3.62. The van der Waals surface area contributed by atoms with Gasteiger partial charge in [-0.2, -0.15) is 10.0 Å². The van der Waals surface area contributed by atoms with Crippen molar-refractivity contribution in [3.05, 3.63) is 69.3 Å². The number of sulfone groups is 1. The molecule has 180 valence electrons. The number of nitrogens with zero attached hydrogens (tertiary/aromatic N) is 4. The Morgan fingerprint density at radius 2 is 1.91 bits per heavy atom. The summed E-state index contributed by atoms with van der Waals surface area (Å²) in [6.07, 6.45) is 2.41. The third kappa shape index (κ3) is 5.07. The van der Waals surface area contributed by atoms with Gasteiger partial charge in [-0.15, -0.1) is 5.10 Å². The number of nitro groups is 1. The van der Waals surface area contributed by atoms with Gasteiger partial charge in [0, 0.05) is 18.4 Å². The van der Waals surface area contributed by atoms with Crippen LogP contribution >= 0.6 is 11.8 Å². The van der Waals surface area contributed by atoms with Gasteiger partial charge >= 0.3 is 0 Å². The van der Waals surface area contributed by atoms with Crippen LogP contribution in [-0.4, -0.2) is 53.0 Å². The molecule has 0 unspecified atom stereocenters. The van der Waals surface area contributed by atoms with Gasteiger partial charge < -0.3 is 9.47 Å². The van der Waals surface area contributed by atoms with Gasteiger partial charge in [0.25, 0.3) is 11.6 Å². The summed E-state index contributed by atoms with van der Waals surface area (Å²) in [5.74, 6) is -0.245. The molecule has 14 heteroatoms. The van der Waals surface area contributed by atoms with Crippen molar-refractivity contribution in [3.8, 4) is 11.5 Å². The number of benzene rings is 2. The van der Waals surface area contributed by atoms with Gasteiger partial charge in [0.1, 0.15) is 6.61 Å². The molecule has 1 amide bonds. The van der Waals surface area contributed by atoms with E-state index in [9.17, 15) is 23.3 Å². The number of nitro benzene ring substituents is 1. The molecule has 4 rings (SSSR count). The molecule has 0 aromatic heterocycles. The van der Waals surface area contributed by atoms with Crippen molar-refractivity contribution in [2.45, 2.75) is 6.61 Å². The molecule has 2 heterocycles. The summed E-state index contributed by atoms with van der Waals surface area (Å²) in [5.41, 5.74) is 1.13. The number of non-ortho nitro benzene ring substituents is 1.